The molecule has 1 heterocycles. The smallest absolute Gasteiger partial charge is 0.306 e. The van der Waals surface area contributed by atoms with E-state index in [4.69, 9.17) is 4.74 Å². The van der Waals surface area contributed by atoms with Gasteiger partial charge in [-0.15, -0.1) is 0 Å². The summed E-state index contributed by atoms with van der Waals surface area (Å²) in [5.74, 6) is -0.864. The fraction of sp³-hybridized carbons (Fsp3) is 0.579. The van der Waals surface area contributed by atoms with Crippen LogP contribution in [-0.4, -0.2) is 44.4 Å². The molecular weight excluding hydrogens is 354 g/mol. The zero-order chi connectivity index (χ0) is 19.4. The summed E-state index contributed by atoms with van der Waals surface area (Å²) >= 11 is 0. The van der Waals surface area contributed by atoms with E-state index in [2.05, 4.69) is 38.2 Å². The topological polar surface area (TPSA) is 89.5 Å². The number of carbonyl (C=O) groups excluding carboxylic acids is 2. The Hall–Kier alpha value is -1.89. The summed E-state index contributed by atoms with van der Waals surface area (Å²) in [6.07, 6.45) is 1.15. The van der Waals surface area contributed by atoms with Crippen LogP contribution >= 0.6 is 0 Å². The van der Waals surface area contributed by atoms with E-state index in [-0.39, 0.29) is 36.0 Å². The Morgan fingerprint density at radius 2 is 1.85 bits per heavy atom. The van der Waals surface area contributed by atoms with Gasteiger partial charge < -0.3 is 10.1 Å². The minimum atomic E-state index is -3.05. The Balaban J connectivity index is 1.69. The van der Waals surface area contributed by atoms with Gasteiger partial charge in [-0.3, -0.25) is 9.59 Å². The Kier molecular flexibility index (Phi) is 6.44. The van der Waals surface area contributed by atoms with Crippen molar-refractivity contribution in [2.24, 2.45) is 0 Å². The van der Waals surface area contributed by atoms with Crippen molar-refractivity contribution in [1.82, 2.24) is 5.32 Å². The van der Waals surface area contributed by atoms with Gasteiger partial charge in [-0.05, 0) is 29.4 Å². The van der Waals surface area contributed by atoms with Crippen LogP contribution in [0, 0.1) is 0 Å². The highest BCUT2D eigenvalue weighted by Gasteiger charge is 2.29. The van der Waals surface area contributed by atoms with Crippen molar-refractivity contribution in [2.75, 3.05) is 18.1 Å². The summed E-state index contributed by atoms with van der Waals surface area (Å²) in [7, 11) is -3.05. The van der Waals surface area contributed by atoms with E-state index >= 15 is 0 Å². The number of rotatable bonds is 6. The third-order valence-electron chi connectivity index (χ3n) is 4.40. The number of sulfone groups is 1. The van der Waals surface area contributed by atoms with E-state index in [9.17, 15) is 18.0 Å². The van der Waals surface area contributed by atoms with Crippen molar-refractivity contribution in [2.45, 2.75) is 51.5 Å². The Labute approximate surface area is 155 Å². The molecule has 1 fully saturated rings. The van der Waals surface area contributed by atoms with E-state index in [1.54, 1.807) is 0 Å². The second-order valence-corrected chi connectivity index (χ2v) is 10.0. The van der Waals surface area contributed by atoms with Gasteiger partial charge in [-0.1, -0.05) is 45.0 Å². The maximum absolute atomic E-state index is 11.8. The third kappa shape index (κ3) is 6.44. The molecule has 6 nitrogen and oxygen atoms in total. The van der Waals surface area contributed by atoms with Gasteiger partial charge >= 0.3 is 5.97 Å². The van der Waals surface area contributed by atoms with Crippen LogP contribution in [0.15, 0.2) is 24.3 Å². The molecule has 0 unspecified atom stereocenters. The number of nitrogens with one attached hydrogen (secondary N) is 1. The van der Waals surface area contributed by atoms with Crippen molar-refractivity contribution >= 4 is 21.7 Å². The number of ether oxygens (including phenoxy) is 1. The lowest BCUT2D eigenvalue weighted by Crippen LogP contribution is -2.38. The molecule has 7 heteroatoms. The van der Waals surface area contributed by atoms with Crippen LogP contribution in [0.25, 0.3) is 0 Å². The number of carbonyl (C=O) groups is 2. The Morgan fingerprint density at radius 1 is 1.19 bits per heavy atom. The summed E-state index contributed by atoms with van der Waals surface area (Å²) in [5.41, 5.74) is 2.36. The molecule has 1 saturated heterocycles. The highest BCUT2D eigenvalue weighted by atomic mass is 32.2. The lowest BCUT2D eigenvalue weighted by atomic mass is 9.86. The second kappa shape index (κ2) is 8.20. The van der Waals surface area contributed by atoms with Gasteiger partial charge in [0.2, 0.25) is 0 Å². The molecule has 1 amide bonds. The van der Waals surface area contributed by atoms with Crippen LogP contribution in [-0.2, 0) is 36.0 Å². The summed E-state index contributed by atoms with van der Waals surface area (Å²) in [6.45, 7) is 6.06. The average Bonchev–Trinajstić information content (AvgIpc) is 2.89. The standard InChI is InChI=1S/C19H27NO5S/c1-19(2,3)15-7-4-14(5-8-15)6-9-18(22)25-12-17(21)20-16-10-11-26(23,24)13-16/h4-5,7-8,16H,6,9-13H2,1-3H3,(H,20,21)/t16-/m0/s1. The molecule has 0 saturated carbocycles. The molecule has 0 aliphatic carbocycles. The summed E-state index contributed by atoms with van der Waals surface area (Å²) in [6, 6.07) is 7.74. The third-order valence-corrected chi connectivity index (χ3v) is 6.17. The first-order valence-corrected chi connectivity index (χ1v) is 10.6. The number of benzene rings is 1. The van der Waals surface area contributed by atoms with Gasteiger partial charge in [0, 0.05) is 12.5 Å². The van der Waals surface area contributed by atoms with Crippen LogP contribution in [0.5, 0.6) is 0 Å². The fourth-order valence-electron chi connectivity index (χ4n) is 2.81. The zero-order valence-corrected chi connectivity index (χ0v) is 16.4. The average molecular weight is 381 g/mol. The Morgan fingerprint density at radius 3 is 2.38 bits per heavy atom. The number of hydrogen-bond donors (Lipinski definition) is 1. The van der Waals surface area contributed by atoms with E-state index < -0.39 is 21.7 Å². The first-order chi connectivity index (χ1) is 12.0. The molecular formula is C19H27NO5S. The molecule has 0 bridgehead atoms. The molecule has 0 spiro atoms. The SMILES string of the molecule is CC(C)(C)c1ccc(CCC(=O)OCC(=O)N[C@H]2CCS(=O)(=O)C2)cc1. The molecule has 1 N–H and O–H groups in total. The van der Waals surface area contributed by atoms with Gasteiger partial charge in [0.1, 0.15) is 0 Å². The summed E-state index contributed by atoms with van der Waals surface area (Å²) in [4.78, 5) is 23.5. The van der Waals surface area contributed by atoms with E-state index in [0.29, 0.717) is 12.8 Å². The first-order valence-electron chi connectivity index (χ1n) is 8.80. The minimum Gasteiger partial charge on any atom is -0.456 e. The van der Waals surface area contributed by atoms with Crippen LogP contribution in [0.3, 0.4) is 0 Å². The van der Waals surface area contributed by atoms with Crippen molar-refractivity contribution in [3.63, 3.8) is 0 Å². The molecule has 1 aromatic rings. The highest BCUT2D eigenvalue weighted by Crippen LogP contribution is 2.22. The molecule has 0 radical (unpaired) electrons. The largest absolute Gasteiger partial charge is 0.456 e. The maximum Gasteiger partial charge on any atom is 0.306 e. The predicted molar refractivity (Wildman–Crippen MR) is 99.6 cm³/mol. The van der Waals surface area contributed by atoms with E-state index in [0.717, 1.165) is 5.56 Å². The lowest BCUT2D eigenvalue weighted by Gasteiger charge is -2.19. The molecule has 2 rings (SSSR count). The monoisotopic (exact) mass is 381 g/mol. The van der Waals surface area contributed by atoms with Gasteiger partial charge in [-0.2, -0.15) is 0 Å². The van der Waals surface area contributed by atoms with Crippen molar-refractivity contribution < 1.29 is 22.7 Å². The van der Waals surface area contributed by atoms with E-state index in [1.165, 1.54) is 5.56 Å². The van der Waals surface area contributed by atoms with Crippen LogP contribution in [0.1, 0.15) is 44.7 Å². The highest BCUT2D eigenvalue weighted by molar-refractivity contribution is 7.91. The molecule has 1 aromatic carbocycles. The summed E-state index contributed by atoms with van der Waals surface area (Å²) < 4.78 is 27.7. The lowest BCUT2D eigenvalue weighted by molar-refractivity contribution is -0.148. The second-order valence-electron chi connectivity index (χ2n) is 7.78. The molecule has 1 aliphatic rings. The molecule has 1 aliphatic heterocycles. The maximum atomic E-state index is 11.8. The number of amides is 1. The Bertz CT molecular complexity index is 747. The number of hydrogen-bond acceptors (Lipinski definition) is 5. The number of aryl methyl sites for hydroxylation is 1. The van der Waals surface area contributed by atoms with Crippen molar-refractivity contribution in [3.05, 3.63) is 35.4 Å². The van der Waals surface area contributed by atoms with Crippen LogP contribution in [0.4, 0.5) is 0 Å². The van der Waals surface area contributed by atoms with Gasteiger partial charge in [-0.25, -0.2) is 8.42 Å². The van der Waals surface area contributed by atoms with Gasteiger partial charge in [0.25, 0.3) is 5.91 Å². The first kappa shape index (κ1) is 20.4. The van der Waals surface area contributed by atoms with E-state index in [1.807, 2.05) is 12.1 Å². The van der Waals surface area contributed by atoms with Gasteiger partial charge in [0.05, 0.1) is 11.5 Å². The fourth-order valence-corrected chi connectivity index (χ4v) is 4.49. The van der Waals surface area contributed by atoms with Gasteiger partial charge in [0.15, 0.2) is 16.4 Å². The molecule has 0 aromatic heterocycles. The normalized spacial score (nSPS) is 19.1. The molecule has 144 valence electrons. The van der Waals surface area contributed by atoms with Crippen LogP contribution in [0.2, 0.25) is 0 Å². The van der Waals surface area contributed by atoms with Crippen LogP contribution < -0.4 is 5.32 Å². The van der Waals surface area contributed by atoms with Crippen molar-refractivity contribution in [1.29, 1.82) is 0 Å². The predicted octanol–water partition coefficient (Wildman–Crippen LogP) is 1.76. The quantitative estimate of drug-likeness (QED) is 0.759. The summed E-state index contributed by atoms with van der Waals surface area (Å²) in [5, 5.41) is 2.59. The zero-order valence-electron chi connectivity index (χ0n) is 15.6. The minimum absolute atomic E-state index is 0.0444. The number of esters is 1. The molecule has 26 heavy (non-hydrogen) atoms. The van der Waals surface area contributed by atoms with Crippen molar-refractivity contribution in [3.8, 4) is 0 Å². The molecule has 1 atom stereocenters.